The van der Waals surface area contributed by atoms with E-state index in [2.05, 4.69) is 0 Å². The number of phenolic OH excluding ortho intramolecular Hbond substituents is 1. The maximum atomic E-state index is 11.4. The molecule has 1 rings (SSSR count). The summed E-state index contributed by atoms with van der Waals surface area (Å²) in [4.78, 5) is 11.4. The van der Waals surface area contributed by atoms with Crippen molar-refractivity contribution in [1.29, 1.82) is 0 Å². The first kappa shape index (κ1) is 14.8. The van der Waals surface area contributed by atoms with Crippen molar-refractivity contribution in [2.75, 3.05) is 7.11 Å². The number of carbonyl (C=O) groups excluding carboxylic acids is 1. The predicted molar refractivity (Wildman–Crippen MR) is 73.8 cm³/mol. The Morgan fingerprint density at radius 3 is 2.89 bits per heavy atom. The van der Waals surface area contributed by atoms with Crippen LogP contribution in [-0.4, -0.2) is 18.2 Å². The Balaban J connectivity index is 2.58. The monoisotopic (exact) mass is 262 g/mol. The summed E-state index contributed by atoms with van der Waals surface area (Å²) < 4.78 is 9.83. The number of hydrogen-bond donors (Lipinski definition) is 1. The fourth-order valence-electron chi connectivity index (χ4n) is 1.35. The Morgan fingerprint density at radius 1 is 1.42 bits per heavy atom. The summed E-state index contributed by atoms with van der Waals surface area (Å²) in [7, 11) is 1.47. The van der Waals surface area contributed by atoms with E-state index in [-0.39, 0.29) is 5.75 Å². The first-order chi connectivity index (χ1) is 9.17. The lowest BCUT2D eigenvalue weighted by Crippen LogP contribution is -1.93. The predicted octanol–water partition coefficient (Wildman–Crippen LogP) is 3.27. The number of phenols is 1. The van der Waals surface area contributed by atoms with Gasteiger partial charge in [0.15, 0.2) is 11.5 Å². The van der Waals surface area contributed by atoms with Crippen LogP contribution < -0.4 is 4.74 Å². The fraction of sp³-hybridized carbons (Fsp3) is 0.267. The van der Waals surface area contributed by atoms with E-state index in [1.54, 1.807) is 24.3 Å². The van der Waals surface area contributed by atoms with Crippen LogP contribution in [0.3, 0.4) is 0 Å². The van der Waals surface area contributed by atoms with Crippen LogP contribution in [0.2, 0.25) is 0 Å². The normalized spacial score (nSPS) is 11.1. The molecule has 0 radical (unpaired) electrons. The first-order valence-electron chi connectivity index (χ1n) is 6.08. The first-order valence-corrected chi connectivity index (χ1v) is 6.08. The lowest BCUT2D eigenvalue weighted by molar-refractivity contribution is -0.132. The van der Waals surface area contributed by atoms with Crippen LogP contribution in [0.4, 0.5) is 0 Å². The van der Waals surface area contributed by atoms with E-state index in [0.29, 0.717) is 5.75 Å². The highest BCUT2D eigenvalue weighted by Crippen LogP contribution is 2.26. The second-order valence-corrected chi connectivity index (χ2v) is 3.86. The van der Waals surface area contributed by atoms with Crippen molar-refractivity contribution >= 4 is 12.0 Å². The lowest BCUT2D eigenvalue weighted by Gasteiger charge is -2.03. The molecule has 0 amide bonds. The van der Waals surface area contributed by atoms with Crippen LogP contribution in [0.15, 0.2) is 36.6 Å². The number of methoxy groups -OCH3 is 1. The molecule has 0 saturated heterocycles. The maximum absolute atomic E-state index is 11.4. The van der Waals surface area contributed by atoms with Gasteiger partial charge in [0.25, 0.3) is 0 Å². The molecule has 1 aromatic rings. The minimum atomic E-state index is -0.445. The lowest BCUT2D eigenvalue weighted by atomic mass is 10.2. The molecule has 19 heavy (non-hydrogen) atoms. The number of rotatable bonds is 6. The third kappa shape index (κ3) is 5.29. The van der Waals surface area contributed by atoms with Crippen molar-refractivity contribution in [3.63, 3.8) is 0 Å². The van der Waals surface area contributed by atoms with Crippen molar-refractivity contribution in [2.45, 2.75) is 19.8 Å². The molecule has 1 N–H and O–H groups in total. The average Bonchev–Trinajstić information content (AvgIpc) is 2.42. The largest absolute Gasteiger partial charge is 0.504 e. The van der Waals surface area contributed by atoms with E-state index >= 15 is 0 Å². The van der Waals surface area contributed by atoms with Gasteiger partial charge in [0, 0.05) is 6.08 Å². The summed E-state index contributed by atoms with van der Waals surface area (Å²) in [6.45, 7) is 2.05. The molecule has 0 aliphatic rings. The van der Waals surface area contributed by atoms with E-state index in [1.807, 2.05) is 6.92 Å². The number of ether oxygens (including phenoxy) is 2. The number of hydrogen-bond acceptors (Lipinski definition) is 4. The van der Waals surface area contributed by atoms with E-state index < -0.39 is 5.97 Å². The molecule has 0 bridgehead atoms. The maximum Gasteiger partial charge on any atom is 0.335 e. The molecule has 0 unspecified atom stereocenters. The van der Waals surface area contributed by atoms with Gasteiger partial charge < -0.3 is 14.6 Å². The molecule has 0 heterocycles. The van der Waals surface area contributed by atoms with Gasteiger partial charge in [0.1, 0.15) is 0 Å². The Bertz CT molecular complexity index is 475. The SMILES string of the molecule is CCCC=COC(=O)/C=C/c1ccc(O)c(OC)c1. The minimum Gasteiger partial charge on any atom is -0.504 e. The van der Waals surface area contributed by atoms with Gasteiger partial charge in [-0.1, -0.05) is 19.4 Å². The second-order valence-electron chi connectivity index (χ2n) is 3.86. The highest BCUT2D eigenvalue weighted by molar-refractivity contribution is 5.87. The zero-order chi connectivity index (χ0) is 14.1. The Morgan fingerprint density at radius 2 is 2.21 bits per heavy atom. The summed E-state index contributed by atoms with van der Waals surface area (Å²) in [5, 5.41) is 9.43. The van der Waals surface area contributed by atoms with Crippen molar-refractivity contribution in [1.82, 2.24) is 0 Å². The fourth-order valence-corrected chi connectivity index (χ4v) is 1.35. The molecule has 0 aliphatic heterocycles. The molecular formula is C15H18O4. The summed E-state index contributed by atoms with van der Waals surface area (Å²) in [5.74, 6) is -0.0255. The van der Waals surface area contributed by atoms with Crippen LogP contribution >= 0.6 is 0 Å². The molecule has 1 aromatic carbocycles. The molecule has 0 spiro atoms. The molecule has 0 saturated carbocycles. The number of benzene rings is 1. The highest BCUT2D eigenvalue weighted by Gasteiger charge is 2.01. The third-order valence-corrected chi connectivity index (χ3v) is 2.35. The van der Waals surface area contributed by atoms with Gasteiger partial charge >= 0.3 is 5.97 Å². The summed E-state index contributed by atoms with van der Waals surface area (Å²) in [6.07, 6.45) is 8.01. The number of aromatic hydroxyl groups is 1. The zero-order valence-electron chi connectivity index (χ0n) is 11.1. The van der Waals surface area contributed by atoms with Crippen molar-refractivity contribution in [2.24, 2.45) is 0 Å². The molecule has 102 valence electrons. The minimum absolute atomic E-state index is 0.0599. The Kier molecular flexibility index (Phi) is 6.22. The molecule has 0 fully saturated rings. The van der Waals surface area contributed by atoms with Gasteiger partial charge in [0.05, 0.1) is 13.4 Å². The zero-order valence-corrected chi connectivity index (χ0v) is 11.1. The molecule has 0 aliphatic carbocycles. The second kappa shape index (κ2) is 7.97. The van der Waals surface area contributed by atoms with Crippen LogP contribution in [0, 0.1) is 0 Å². The number of allylic oxidation sites excluding steroid dienone is 1. The topological polar surface area (TPSA) is 55.8 Å². The molecule has 4 heteroatoms. The van der Waals surface area contributed by atoms with Gasteiger partial charge in [-0.3, -0.25) is 0 Å². The molecule has 0 aromatic heterocycles. The number of esters is 1. The van der Waals surface area contributed by atoms with Crippen LogP contribution in [0.5, 0.6) is 11.5 Å². The standard InChI is InChI=1S/C15H18O4/c1-3-4-5-10-19-15(17)9-7-12-6-8-13(16)14(11-12)18-2/h5-11,16H,3-4H2,1-2H3/b9-7+,10-5?. The Hall–Kier alpha value is -2.23. The van der Waals surface area contributed by atoms with Gasteiger partial charge in [-0.2, -0.15) is 0 Å². The van der Waals surface area contributed by atoms with E-state index in [4.69, 9.17) is 9.47 Å². The van der Waals surface area contributed by atoms with Gasteiger partial charge in [-0.15, -0.1) is 0 Å². The van der Waals surface area contributed by atoms with Crippen LogP contribution in [-0.2, 0) is 9.53 Å². The summed E-state index contributed by atoms with van der Waals surface area (Å²) in [6, 6.07) is 4.81. The quantitative estimate of drug-likeness (QED) is 0.485. The van der Waals surface area contributed by atoms with Crippen molar-refractivity contribution < 1.29 is 19.4 Å². The van der Waals surface area contributed by atoms with Crippen LogP contribution in [0.1, 0.15) is 25.3 Å². The van der Waals surface area contributed by atoms with Crippen LogP contribution in [0.25, 0.3) is 6.08 Å². The number of carbonyl (C=O) groups is 1. The van der Waals surface area contributed by atoms with E-state index in [9.17, 15) is 9.90 Å². The molecule has 4 nitrogen and oxygen atoms in total. The van der Waals surface area contributed by atoms with Crippen molar-refractivity contribution in [3.8, 4) is 11.5 Å². The van der Waals surface area contributed by atoms with Gasteiger partial charge in [-0.25, -0.2) is 4.79 Å². The highest BCUT2D eigenvalue weighted by atomic mass is 16.5. The smallest absolute Gasteiger partial charge is 0.335 e. The third-order valence-electron chi connectivity index (χ3n) is 2.35. The van der Waals surface area contributed by atoms with Gasteiger partial charge in [0.2, 0.25) is 0 Å². The average molecular weight is 262 g/mol. The molecule has 0 atom stereocenters. The van der Waals surface area contributed by atoms with E-state index in [1.165, 1.54) is 25.5 Å². The molecular weight excluding hydrogens is 244 g/mol. The van der Waals surface area contributed by atoms with Gasteiger partial charge in [-0.05, 0) is 36.3 Å². The van der Waals surface area contributed by atoms with Crippen molar-refractivity contribution in [3.05, 3.63) is 42.2 Å². The summed E-state index contributed by atoms with van der Waals surface area (Å²) in [5.41, 5.74) is 0.740. The summed E-state index contributed by atoms with van der Waals surface area (Å²) >= 11 is 0. The number of unbranched alkanes of at least 4 members (excludes halogenated alkanes) is 1. The Labute approximate surface area is 113 Å². The van der Waals surface area contributed by atoms with E-state index in [0.717, 1.165) is 18.4 Å².